The van der Waals surface area contributed by atoms with Gasteiger partial charge in [0, 0.05) is 19.8 Å². The van der Waals surface area contributed by atoms with E-state index < -0.39 is 0 Å². The third-order valence-electron chi connectivity index (χ3n) is 4.60. The topological polar surface area (TPSA) is 18.5 Å². The molecule has 0 aromatic rings. The molecule has 0 radical (unpaired) electrons. The van der Waals surface area contributed by atoms with Gasteiger partial charge in [0.05, 0.1) is 5.60 Å². The van der Waals surface area contributed by atoms with Gasteiger partial charge in [-0.2, -0.15) is 0 Å². The predicted molar refractivity (Wildman–Crippen MR) is 97.5 cm³/mol. The summed E-state index contributed by atoms with van der Waals surface area (Å²) in [7, 11) is 0. The molecular weight excluding hydrogens is 272 g/mol. The molecule has 0 rings (SSSR count). The fraction of sp³-hybridized carbons (Fsp3) is 1.00. The van der Waals surface area contributed by atoms with Gasteiger partial charge in [0.1, 0.15) is 0 Å². The van der Waals surface area contributed by atoms with Crippen molar-refractivity contribution in [3.05, 3.63) is 0 Å². The molecule has 2 heteroatoms. The van der Waals surface area contributed by atoms with E-state index in [1.165, 1.54) is 51.4 Å². The Bertz CT molecular complexity index is 226. The van der Waals surface area contributed by atoms with Gasteiger partial charge in [-0.15, -0.1) is 0 Å². The zero-order valence-corrected chi connectivity index (χ0v) is 16.1. The first-order chi connectivity index (χ1) is 10.6. The molecule has 0 spiro atoms. The first-order valence-electron chi connectivity index (χ1n) is 9.80. The normalized spacial score (nSPS) is 13.5. The molecular formula is C20H42O2. The number of hydrogen-bond acceptors (Lipinski definition) is 2. The largest absolute Gasteiger partial charge is 0.381 e. The molecule has 0 N–H and O–H groups in total. The maximum Gasteiger partial charge on any atom is 0.0654 e. The van der Waals surface area contributed by atoms with Gasteiger partial charge in [-0.3, -0.25) is 0 Å². The molecule has 1 atom stereocenters. The molecule has 2 nitrogen and oxygen atoms in total. The summed E-state index contributed by atoms with van der Waals surface area (Å²) in [5.74, 6) is 0.656. The van der Waals surface area contributed by atoms with Crippen LogP contribution in [0.25, 0.3) is 0 Å². The fourth-order valence-corrected chi connectivity index (χ4v) is 3.18. The molecule has 0 aromatic carbocycles. The maximum absolute atomic E-state index is 6.02. The Morgan fingerprint density at radius 1 is 0.727 bits per heavy atom. The van der Waals surface area contributed by atoms with Crippen LogP contribution in [0.5, 0.6) is 0 Å². The SMILES string of the molecule is CCCCCCCCC(CCCOCCC)C(C)(C)OCC. The van der Waals surface area contributed by atoms with Crippen LogP contribution in [0, 0.1) is 5.92 Å². The standard InChI is InChI=1S/C20H42O2/c1-6-9-10-11-12-13-15-19(20(4,5)22-8-3)16-14-18-21-17-7-2/h19H,6-18H2,1-5H3. The zero-order valence-electron chi connectivity index (χ0n) is 16.1. The van der Waals surface area contributed by atoms with E-state index in [4.69, 9.17) is 9.47 Å². The van der Waals surface area contributed by atoms with Gasteiger partial charge < -0.3 is 9.47 Å². The Morgan fingerprint density at radius 2 is 1.36 bits per heavy atom. The smallest absolute Gasteiger partial charge is 0.0654 e. The van der Waals surface area contributed by atoms with E-state index in [-0.39, 0.29) is 5.60 Å². The lowest BCUT2D eigenvalue weighted by Crippen LogP contribution is -2.35. The average molecular weight is 315 g/mol. The summed E-state index contributed by atoms with van der Waals surface area (Å²) >= 11 is 0. The van der Waals surface area contributed by atoms with E-state index in [1.54, 1.807) is 0 Å². The minimum absolute atomic E-state index is 0.00290. The molecule has 134 valence electrons. The van der Waals surface area contributed by atoms with Crippen LogP contribution in [0.2, 0.25) is 0 Å². The first-order valence-corrected chi connectivity index (χ1v) is 9.80. The molecule has 0 aromatic heterocycles. The Labute approximate surface area is 140 Å². The lowest BCUT2D eigenvalue weighted by molar-refractivity contribution is -0.0618. The van der Waals surface area contributed by atoms with Gasteiger partial charge in [-0.25, -0.2) is 0 Å². The van der Waals surface area contributed by atoms with Gasteiger partial charge in [0.2, 0.25) is 0 Å². The van der Waals surface area contributed by atoms with E-state index in [1.807, 2.05) is 0 Å². The second-order valence-corrected chi connectivity index (χ2v) is 7.04. The highest BCUT2D eigenvalue weighted by atomic mass is 16.5. The van der Waals surface area contributed by atoms with Gasteiger partial charge in [0.15, 0.2) is 0 Å². The monoisotopic (exact) mass is 314 g/mol. The molecule has 22 heavy (non-hydrogen) atoms. The number of rotatable bonds is 16. The van der Waals surface area contributed by atoms with Crippen LogP contribution >= 0.6 is 0 Å². The molecule has 0 aliphatic heterocycles. The Balaban J connectivity index is 4.06. The zero-order chi connectivity index (χ0) is 16.7. The molecule has 0 aliphatic carbocycles. The van der Waals surface area contributed by atoms with Gasteiger partial charge in [-0.1, -0.05) is 52.4 Å². The van der Waals surface area contributed by atoms with Crippen LogP contribution in [0.1, 0.15) is 98.8 Å². The molecule has 0 aliphatic rings. The van der Waals surface area contributed by atoms with Crippen LogP contribution < -0.4 is 0 Å². The van der Waals surface area contributed by atoms with Crippen molar-refractivity contribution in [1.82, 2.24) is 0 Å². The maximum atomic E-state index is 6.02. The highest BCUT2D eigenvalue weighted by molar-refractivity contribution is 4.79. The van der Waals surface area contributed by atoms with Gasteiger partial charge >= 0.3 is 0 Å². The van der Waals surface area contributed by atoms with Crippen molar-refractivity contribution >= 4 is 0 Å². The van der Waals surface area contributed by atoms with E-state index in [0.717, 1.165) is 32.7 Å². The van der Waals surface area contributed by atoms with Crippen molar-refractivity contribution in [3.8, 4) is 0 Å². The Morgan fingerprint density at radius 3 is 2.00 bits per heavy atom. The highest BCUT2D eigenvalue weighted by Gasteiger charge is 2.28. The quantitative estimate of drug-likeness (QED) is 0.308. The lowest BCUT2D eigenvalue weighted by atomic mass is 9.82. The van der Waals surface area contributed by atoms with Crippen molar-refractivity contribution < 1.29 is 9.47 Å². The summed E-state index contributed by atoms with van der Waals surface area (Å²) in [6, 6.07) is 0. The van der Waals surface area contributed by atoms with Crippen molar-refractivity contribution in [2.24, 2.45) is 5.92 Å². The van der Waals surface area contributed by atoms with E-state index in [2.05, 4.69) is 34.6 Å². The number of ether oxygens (including phenoxy) is 2. The van der Waals surface area contributed by atoms with Gasteiger partial charge in [0.25, 0.3) is 0 Å². The molecule has 0 amide bonds. The minimum atomic E-state index is 0.00290. The third kappa shape index (κ3) is 11.5. The summed E-state index contributed by atoms with van der Waals surface area (Å²) < 4.78 is 11.7. The van der Waals surface area contributed by atoms with E-state index in [9.17, 15) is 0 Å². The predicted octanol–water partition coefficient (Wildman–Crippen LogP) is 6.38. The van der Waals surface area contributed by atoms with Crippen LogP contribution in [-0.2, 0) is 9.47 Å². The van der Waals surface area contributed by atoms with Crippen LogP contribution in [0.4, 0.5) is 0 Å². The third-order valence-corrected chi connectivity index (χ3v) is 4.60. The second kappa shape index (κ2) is 14.5. The van der Waals surface area contributed by atoms with E-state index >= 15 is 0 Å². The second-order valence-electron chi connectivity index (χ2n) is 7.04. The summed E-state index contributed by atoms with van der Waals surface area (Å²) in [6.07, 6.45) is 13.1. The lowest BCUT2D eigenvalue weighted by Gasteiger charge is -2.34. The van der Waals surface area contributed by atoms with Crippen molar-refractivity contribution in [2.45, 2.75) is 104 Å². The summed E-state index contributed by atoms with van der Waals surface area (Å²) in [4.78, 5) is 0. The summed E-state index contributed by atoms with van der Waals surface area (Å²) in [6.45, 7) is 13.7. The van der Waals surface area contributed by atoms with Crippen molar-refractivity contribution in [1.29, 1.82) is 0 Å². The van der Waals surface area contributed by atoms with Crippen LogP contribution in [-0.4, -0.2) is 25.4 Å². The summed E-state index contributed by atoms with van der Waals surface area (Å²) in [5.41, 5.74) is 0.00290. The Hall–Kier alpha value is -0.0800. The number of unbranched alkanes of at least 4 members (excludes halogenated alkanes) is 5. The van der Waals surface area contributed by atoms with E-state index in [0.29, 0.717) is 5.92 Å². The highest BCUT2D eigenvalue weighted by Crippen LogP contribution is 2.30. The van der Waals surface area contributed by atoms with Crippen molar-refractivity contribution in [3.63, 3.8) is 0 Å². The molecule has 0 saturated heterocycles. The molecule has 0 fully saturated rings. The number of hydrogen-bond donors (Lipinski definition) is 0. The first kappa shape index (κ1) is 21.9. The molecule has 0 heterocycles. The molecule has 1 unspecified atom stereocenters. The van der Waals surface area contributed by atoms with Crippen LogP contribution in [0.15, 0.2) is 0 Å². The summed E-state index contributed by atoms with van der Waals surface area (Å²) in [5, 5.41) is 0. The minimum Gasteiger partial charge on any atom is -0.381 e. The average Bonchev–Trinajstić information content (AvgIpc) is 2.48. The molecule has 0 saturated carbocycles. The van der Waals surface area contributed by atoms with Crippen molar-refractivity contribution in [2.75, 3.05) is 19.8 Å². The molecule has 0 bridgehead atoms. The fourth-order valence-electron chi connectivity index (χ4n) is 3.18. The van der Waals surface area contributed by atoms with Gasteiger partial charge in [-0.05, 0) is 52.4 Å². The Kier molecular flexibility index (Phi) is 14.5. The van der Waals surface area contributed by atoms with Crippen LogP contribution in [0.3, 0.4) is 0 Å².